The Morgan fingerprint density at radius 1 is 0.379 bits per heavy atom. The lowest BCUT2D eigenvalue weighted by Gasteiger charge is -2.18. The average Bonchev–Trinajstić information content (AvgIpc) is 3.22. The number of ether oxygens (including phenoxy) is 3. The van der Waals surface area contributed by atoms with Crippen LogP contribution in [0.1, 0.15) is 278 Å². The molecule has 0 amide bonds. The van der Waals surface area contributed by atoms with Gasteiger partial charge in [-0.2, -0.15) is 0 Å². The highest BCUT2D eigenvalue weighted by atomic mass is 16.6. The lowest BCUT2D eigenvalue weighted by molar-refractivity contribution is -0.163. The van der Waals surface area contributed by atoms with Crippen LogP contribution in [0, 0.1) is 0 Å². The molecule has 0 rings (SSSR count). The lowest BCUT2D eigenvalue weighted by Crippen LogP contribution is -2.30. The minimum atomic E-state index is -0.533. The monoisotopic (exact) mass is 817 g/mol. The Labute approximate surface area is 362 Å². The van der Waals surface area contributed by atoms with E-state index in [2.05, 4.69) is 45.1 Å². The van der Waals surface area contributed by atoms with Crippen molar-refractivity contribution in [2.24, 2.45) is 0 Å². The summed E-state index contributed by atoms with van der Waals surface area (Å²) in [5.41, 5.74) is 0. The molecule has 5 heteroatoms. The smallest absolute Gasteiger partial charge is 0.306 e. The van der Waals surface area contributed by atoms with Crippen LogP contribution in [-0.4, -0.2) is 37.9 Å². The summed E-state index contributed by atoms with van der Waals surface area (Å²) in [6.07, 6.45) is 57.5. The molecular weight excluding hydrogens is 717 g/mol. The average molecular weight is 817 g/mol. The number of esters is 2. The van der Waals surface area contributed by atoms with Crippen molar-refractivity contribution in [2.75, 3.05) is 19.8 Å². The van der Waals surface area contributed by atoms with Gasteiger partial charge in [0.2, 0.25) is 0 Å². The summed E-state index contributed by atoms with van der Waals surface area (Å²) in [4.78, 5) is 25.3. The van der Waals surface area contributed by atoms with E-state index < -0.39 is 6.10 Å². The molecule has 0 aliphatic heterocycles. The summed E-state index contributed by atoms with van der Waals surface area (Å²) in [5, 5.41) is 0. The van der Waals surface area contributed by atoms with E-state index in [0.29, 0.717) is 19.4 Å². The van der Waals surface area contributed by atoms with E-state index in [-0.39, 0.29) is 25.2 Å². The van der Waals surface area contributed by atoms with Gasteiger partial charge in [-0.15, -0.1) is 0 Å². The fourth-order valence-electron chi connectivity index (χ4n) is 7.61. The van der Waals surface area contributed by atoms with Crippen LogP contribution in [0.25, 0.3) is 0 Å². The van der Waals surface area contributed by atoms with Gasteiger partial charge < -0.3 is 14.2 Å². The summed E-state index contributed by atoms with van der Waals surface area (Å²) in [6.45, 7) is 7.79. The number of rotatable bonds is 48. The SMILES string of the molecule is CCC/C=C\C/C=C\CCCCCCCCOCC(COC(=O)CCCCCCCCCCCCCCCCCCC)OC(=O)CCCCCCCCCCCCC. The lowest BCUT2D eigenvalue weighted by atomic mass is 10.0. The van der Waals surface area contributed by atoms with E-state index in [1.165, 1.54) is 199 Å². The van der Waals surface area contributed by atoms with Gasteiger partial charge in [0.15, 0.2) is 6.10 Å². The van der Waals surface area contributed by atoms with E-state index in [9.17, 15) is 9.59 Å². The van der Waals surface area contributed by atoms with Gasteiger partial charge in [-0.05, 0) is 44.9 Å². The van der Waals surface area contributed by atoms with Crippen molar-refractivity contribution in [1.29, 1.82) is 0 Å². The zero-order valence-corrected chi connectivity index (χ0v) is 39.3. The van der Waals surface area contributed by atoms with Crippen LogP contribution in [0.5, 0.6) is 0 Å². The third-order valence-electron chi connectivity index (χ3n) is 11.5. The first-order valence-electron chi connectivity index (χ1n) is 25.9. The minimum absolute atomic E-state index is 0.0886. The Morgan fingerprint density at radius 3 is 1.21 bits per heavy atom. The third kappa shape index (κ3) is 47.1. The first kappa shape index (κ1) is 56.4. The quantitative estimate of drug-likeness (QED) is 0.0348. The van der Waals surface area contributed by atoms with E-state index in [0.717, 1.165) is 44.9 Å². The van der Waals surface area contributed by atoms with Crippen molar-refractivity contribution in [1.82, 2.24) is 0 Å². The molecule has 0 aromatic heterocycles. The largest absolute Gasteiger partial charge is 0.462 e. The van der Waals surface area contributed by atoms with Crippen molar-refractivity contribution < 1.29 is 23.8 Å². The van der Waals surface area contributed by atoms with Gasteiger partial charge in [0.25, 0.3) is 0 Å². The van der Waals surface area contributed by atoms with E-state index in [1.54, 1.807) is 0 Å². The molecule has 0 N–H and O–H groups in total. The maximum Gasteiger partial charge on any atom is 0.306 e. The Morgan fingerprint density at radius 2 is 0.759 bits per heavy atom. The van der Waals surface area contributed by atoms with Gasteiger partial charge in [-0.25, -0.2) is 0 Å². The molecule has 1 unspecified atom stereocenters. The second-order valence-corrected chi connectivity index (χ2v) is 17.4. The Bertz CT molecular complexity index is 882. The summed E-state index contributed by atoms with van der Waals surface area (Å²) < 4.78 is 17.4. The van der Waals surface area contributed by atoms with E-state index in [1.807, 2.05) is 0 Å². The zero-order valence-electron chi connectivity index (χ0n) is 39.3. The topological polar surface area (TPSA) is 61.8 Å². The summed E-state index contributed by atoms with van der Waals surface area (Å²) in [7, 11) is 0. The highest BCUT2D eigenvalue weighted by Crippen LogP contribution is 2.16. The normalized spacial score (nSPS) is 12.3. The van der Waals surface area contributed by atoms with Crippen LogP contribution in [0.3, 0.4) is 0 Å². The van der Waals surface area contributed by atoms with E-state index >= 15 is 0 Å². The third-order valence-corrected chi connectivity index (χ3v) is 11.5. The number of hydrogen-bond acceptors (Lipinski definition) is 5. The molecule has 0 saturated heterocycles. The maximum atomic E-state index is 12.8. The molecule has 0 bridgehead atoms. The first-order valence-corrected chi connectivity index (χ1v) is 25.9. The van der Waals surface area contributed by atoms with Crippen molar-refractivity contribution >= 4 is 11.9 Å². The van der Waals surface area contributed by atoms with Gasteiger partial charge in [-0.1, -0.05) is 244 Å². The van der Waals surface area contributed by atoms with Gasteiger partial charge in [0.05, 0.1) is 6.61 Å². The molecule has 0 radical (unpaired) electrons. The Balaban J connectivity index is 4.18. The van der Waals surface area contributed by atoms with Crippen LogP contribution in [0.15, 0.2) is 24.3 Å². The fourth-order valence-corrected chi connectivity index (χ4v) is 7.61. The van der Waals surface area contributed by atoms with Crippen molar-refractivity contribution in [2.45, 2.75) is 284 Å². The standard InChI is InChI=1S/C53H100O5/c1-4-7-10-13-16-19-22-24-26-27-28-29-32-34-37-40-43-46-52(54)57-50-51(58-53(55)47-44-41-38-35-31-21-18-15-12-9-6-3)49-56-48-45-42-39-36-33-30-25-23-20-17-14-11-8-5-2/h11,14,20,23,51H,4-10,12-13,15-19,21-22,24-50H2,1-3H3/b14-11-,23-20-. The van der Waals surface area contributed by atoms with Crippen molar-refractivity contribution in [3.05, 3.63) is 24.3 Å². The molecule has 0 spiro atoms. The van der Waals surface area contributed by atoms with E-state index in [4.69, 9.17) is 14.2 Å². The summed E-state index contributed by atoms with van der Waals surface area (Å²) in [5.74, 6) is -0.386. The molecule has 0 aromatic rings. The molecule has 0 heterocycles. The Hall–Kier alpha value is -1.62. The molecule has 1 atom stereocenters. The second kappa shape index (κ2) is 49.7. The predicted molar refractivity (Wildman–Crippen MR) is 252 cm³/mol. The van der Waals surface area contributed by atoms with Gasteiger partial charge in [0, 0.05) is 19.4 Å². The summed E-state index contributed by atoms with van der Waals surface area (Å²) in [6, 6.07) is 0. The molecule has 0 fully saturated rings. The first-order chi connectivity index (χ1) is 28.6. The number of carbonyl (C=O) groups is 2. The zero-order chi connectivity index (χ0) is 42.1. The maximum absolute atomic E-state index is 12.8. The highest BCUT2D eigenvalue weighted by molar-refractivity contribution is 5.70. The number of hydrogen-bond donors (Lipinski definition) is 0. The van der Waals surface area contributed by atoms with Crippen molar-refractivity contribution in [3.8, 4) is 0 Å². The number of allylic oxidation sites excluding steroid dienone is 4. The number of carbonyl (C=O) groups excluding carboxylic acids is 2. The fraction of sp³-hybridized carbons (Fsp3) is 0.887. The molecular formula is C53H100O5. The molecule has 342 valence electrons. The van der Waals surface area contributed by atoms with Gasteiger partial charge >= 0.3 is 11.9 Å². The molecule has 0 aromatic carbocycles. The van der Waals surface area contributed by atoms with Gasteiger partial charge in [0.1, 0.15) is 6.61 Å². The second-order valence-electron chi connectivity index (χ2n) is 17.4. The molecule has 58 heavy (non-hydrogen) atoms. The number of unbranched alkanes of at least 4 members (excludes halogenated alkanes) is 33. The van der Waals surface area contributed by atoms with Gasteiger partial charge in [-0.3, -0.25) is 9.59 Å². The Kier molecular flexibility index (Phi) is 48.4. The molecule has 5 nitrogen and oxygen atoms in total. The predicted octanol–water partition coefficient (Wildman–Crippen LogP) is 17.2. The van der Waals surface area contributed by atoms with Crippen LogP contribution < -0.4 is 0 Å². The minimum Gasteiger partial charge on any atom is -0.462 e. The van der Waals surface area contributed by atoms with Crippen molar-refractivity contribution in [3.63, 3.8) is 0 Å². The molecule has 0 saturated carbocycles. The van der Waals surface area contributed by atoms with Crippen LogP contribution >= 0.6 is 0 Å². The molecule has 0 aliphatic carbocycles. The van der Waals surface area contributed by atoms with Crippen LogP contribution in [0.4, 0.5) is 0 Å². The van der Waals surface area contributed by atoms with Crippen LogP contribution in [-0.2, 0) is 23.8 Å². The summed E-state index contributed by atoms with van der Waals surface area (Å²) >= 11 is 0. The molecule has 0 aliphatic rings. The highest BCUT2D eigenvalue weighted by Gasteiger charge is 2.17. The van der Waals surface area contributed by atoms with Crippen LogP contribution in [0.2, 0.25) is 0 Å².